The summed E-state index contributed by atoms with van der Waals surface area (Å²) in [4.78, 5) is 0. The first kappa shape index (κ1) is 17.1. The summed E-state index contributed by atoms with van der Waals surface area (Å²) in [5.41, 5.74) is 2.37. The second-order valence-electron chi connectivity index (χ2n) is 9.39. The summed E-state index contributed by atoms with van der Waals surface area (Å²) >= 11 is 0. The summed E-state index contributed by atoms with van der Waals surface area (Å²) < 4.78 is 11.0. The number of allylic oxidation sites excluding steroid dienone is 1. The molecule has 3 fully saturated rings. The van der Waals surface area contributed by atoms with Gasteiger partial charge in [0.25, 0.3) is 0 Å². The molecule has 0 N–H and O–H groups in total. The quantitative estimate of drug-likeness (QED) is 0.668. The van der Waals surface area contributed by atoms with Gasteiger partial charge >= 0.3 is 0 Å². The van der Waals surface area contributed by atoms with Gasteiger partial charge in [-0.2, -0.15) is 0 Å². The minimum atomic E-state index is 0.561. The summed E-state index contributed by atoms with van der Waals surface area (Å²) in [6.45, 7) is 4.51. The van der Waals surface area contributed by atoms with Crippen molar-refractivity contribution < 1.29 is 9.47 Å². The van der Waals surface area contributed by atoms with Gasteiger partial charge in [-0.1, -0.05) is 18.6 Å². The van der Waals surface area contributed by atoms with Gasteiger partial charge < -0.3 is 9.47 Å². The van der Waals surface area contributed by atoms with Gasteiger partial charge in [0, 0.05) is 26.7 Å². The lowest BCUT2D eigenvalue weighted by Crippen LogP contribution is -2.47. The van der Waals surface area contributed by atoms with Crippen molar-refractivity contribution in [3.05, 3.63) is 11.6 Å². The van der Waals surface area contributed by atoms with Gasteiger partial charge in [-0.15, -0.1) is 0 Å². The van der Waals surface area contributed by atoms with Crippen molar-refractivity contribution in [3.63, 3.8) is 0 Å². The van der Waals surface area contributed by atoms with Crippen LogP contribution >= 0.6 is 0 Å². The number of hydrogen-bond donors (Lipinski definition) is 0. The largest absolute Gasteiger partial charge is 0.384 e. The smallest absolute Gasteiger partial charge is 0.0525 e. The Labute approximate surface area is 148 Å². The molecule has 0 aromatic carbocycles. The van der Waals surface area contributed by atoms with E-state index in [0.29, 0.717) is 11.3 Å². The molecule has 7 atom stereocenters. The van der Waals surface area contributed by atoms with Crippen LogP contribution in [-0.4, -0.2) is 27.4 Å². The molecule has 2 nitrogen and oxygen atoms in total. The van der Waals surface area contributed by atoms with Gasteiger partial charge in [-0.3, -0.25) is 0 Å². The molecular weight excluding hydrogens is 296 g/mol. The molecule has 1 unspecified atom stereocenters. The summed E-state index contributed by atoms with van der Waals surface area (Å²) in [6, 6.07) is 0. The average molecular weight is 333 g/mol. The van der Waals surface area contributed by atoms with Crippen molar-refractivity contribution in [2.45, 2.75) is 58.3 Å². The number of ether oxygens (including phenoxy) is 2. The van der Waals surface area contributed by atoms with E-state index in [1.807, 2.05) is 14.2 Å². The van der Waals surface area contributed by atoms with E-state index < -0.39 is 0 Å². The van der Waals surface area contributed by atoms with Crippen molar-refractivity contribution in [3.8, 4) is 0 Å². The van der Waals surface area contributed by atoms with Crippen molar-refractivity contribution in [2.24, 2.45) is 40.9 Å². The van der Waals surface area contributed by atoms with Gasteiger partial charge in [0.15, 0.2) is 0 Å². The number of fused-ring (bicyclic) bond motifs is 5. The van der Waals surface area contributed by atoms with Crippen molar-refractivity contribution in [1.29, 1.82) is 0 Å². The van der Waals surface area contributed by atoms with E-state index in [1.54, 1.807) is 5.57 Å². The predicted molar refractivity (Wildman–Crippen MR) is 97.8 cm³/mol. The molecule has 0 heterocycles. The van der Waals surface area contributed by atoms with Crippen molar-refractivity contribution in [1.82, 2.24) is 0 Å². The Morgan fingerprint density at radius 3 is 2.58 bits per heavy atom. The van der Waals surface area contributed by atoms with E-state index in [9.17, 15) is 0 Å². The Hall–Kier alpha value is -0.340. The maximum absolute atomic E-state index is 5.58. The van der Waals surface area contributed by atoms with Gasteiger partial charge in [0.1, 0.15) is 0 Å². The third-order valence-corrected chi connectivity index (χ3v) is 8.50. The lowest BCUT2D eigenvalue weighted by atomic mass is 9.51. The van der Waals surface area contributed by atoms with Gasteiger partial charge in [-0.25, -0.2) is 0 Å². The van der Waals surface area contributed by atoms with Gasteiger partial charge in [0.05, 0.1) is 6.61 Å². The molecule has 0 aliphatic heterocycles. The first-order valence-electron chi connectivity index (χ1n) is 10.4. The fourth-order valence-corrected chi connectivity index (χ4v) is 7.34. The van der Waals surface area contributed by atoms with Gasteiger partial charge in [0.2, 0.25) is 0 Å². The predicted octanol–water partition coefficient (Wildman–Crippen LogP) is 5.08. The molecule has 2 heteroatoms. The van der Waals surface area contributed by atoms with E-state index >= 15 is 0 Å². The zero-order valence-electron chi connectivity index (χ0n) is 15.9. The Bertz CT molecular complexity index is 484. The van der Waals surface area contributed by atoms with Crippen LogP contribution in [0, 0.1) is 40.9 Å². The van der Waals surface area contributed by atoms with Crippen LogP contribution in [0.15, 0.2) is 11.6 Å². The molecule has 0 saturated heterocycles. The molecule has 4 aliphatic rings. The van der Waals surface area contributed by atoms with Gasteiger partial charge in [-0.05, 0) is 86.4 Å². The SMILES string of the molecule is COCC1C=C2CC[C@@H]3[C@H](CC[C@]4(C)[C@@H](COC)CC[C@@H]34)[C@H]2CC1. The molecular formula is C22H36O2. The fourth-order valence-electron chi connectivity index (χ4n) is 7.34. The molecule has 0 aromatic rings. The zero-order chi connectivity index (χ0) is 16.7. The first-order chi connectivity index (χ1) is 11.7. The van der Waals surface area contributed by atoms with E-state index in [4.69, 9.17) is 9.47 Å². The zero-order valence-corrected chi connectivity index (χ0v) is 15.9. The highest BCUT2D eigenvalue weighted by molar-refractivity contribution is 5.19. The highest BCUT2D eigenvalue weighted by Gasteiger charge is 2.55. The van der Waals surface area contributed by atoms with E-state index in [-0.39, 0.29) is 0 Å². The van der Waals surface area contributed by atoms with Crippen LogP contribution < -0.4 is 0 Å². The third-order valence-electron chi connectivity index (χ3n) is 8.50. The standard InChI is InChI=1S/C22H36O2/c1-22-11-10-19-18-7-4-15(13-23-2)12-16(18)5-8-20(19)21(22)9-6-17(22)14-24-3/h12,15,17-21H,4-11,13-14H2,1-3H3/t15?,17-,18+,19-,20-,21+,22-/m1/s1. The van der Waals surface area contributed by atoms with Crippen LogP contribution in [0.5, 0.6) is 0 Å². The number of hydrogen-bond acceptors (Lipinski definition) is 2. The fraction of sp³-hybridized carbons (Fsp3) is 0.909. The molecule has 136 valence electrons. The van der Waals surface area contributed by atoms with E-state index in [1.165, 1.54) is 51.4 Å². The molecule has 4 rings (SSSR count). The van der Waals surface area contributed by atoms with Crippen LogP contribution in [0.25, 0.3) is 0 Å². The maximum atomic E-state index is 5.58. The summed E-state index contributed by atoms with van der Waals surface area (Å²) in [5, 5.41) is 0. The van der Waals surface area contributed by atoms with Crippen LogP contribution in [0.2, 0.25) is 0 Å². The molecule has 0 aromatic heterocycles. The second kappa shape index (κ2) is 6.76. The van der Waals surface area contributed by atoms with Crippen LogP contribution in [-0.2, 0) is 9.47 Å². The first-order valence-corrected chi connectivity index (χ1v) is 10.4. The maximum Gasteiger partial charge on any atom is 0.0525 e. The highest BCUT2D eigenvalue weighted by atomic mass is 16.5. The van der Waals surface area contributed by atoms with Crippen molar-refractivity contribution in [2.75, 3.05) is 27.4 Å². The topological polar surface area (TPSA) is 18.5 Å². The monoisotopic (exact) mass is 332 g/mol. The Kier molecular flexibility index (Phi) is 4.81. The van der Waals surface area contributed by atoms with Crippen LogP contribution in [0.1, 0.15) is 58.3 Å². The molecule has 0 bridgehead atoms. The van der Waals surface area contributed by atoms with Crippen LogP contribution in [0.4, 0.5) is 0 Å². The Morgan fingerprint density at radius 1 is 0.958 bits per heavy atom. The number of rotatable bonds is 4. The summed E-state index contributed by atoms with van der Waals surface area (Å²) in [5.74, 6) is 5.34. The molecule has 0 amide bonds. The lowest BCUT2D eigenvalue weighted by molar-refractivity contribution is -0.0379. The molecule has 0 radical (unpaired) electrons. The van der Waals surface area contributed by atoms with E-state index in [2.05, 4.69) is 13.0 Å². The highest BCUT2D eigenvalue weighted by Crippen LogP contribution is 2.63. The minimum Gasteiger partial charge on any atom is -0.384 e. The minimum absolute atomic E-state index is 0.561. The van der Waals surface area contributed by atoms with Crippen LogP contribution in [0.3, 0.4) is 0 Å². The average Bonchev–Trinajstić information content (AvgIpc) is 2.92. The molecule has 0 spiro atoms. The molecule has 3 saturated carbocycles. The lowest BCUT2D eigenvalue weighted by Gasteiger charge is -2.54. The summed E-state index contributed by atoms with van der Waals surface area (Å²) in [6.07, 6.45) is 14.0. The van der Waals surface area contributed by atoms with E-state index in [0.717, 1.165) is 42.8 Å². The molecule has 4 aliphatic carbocycles. The third kappa shape index (κ3) is 2.69. The summed E-state index contributed by atoms with van der Waals surface area (Å²) in [7, 11) is 3.73. The van der Waals surface area contributed by atoms with Crippen molar-refractivity contribution >= 4 is 0 Å². The Balaban J connectivity index is 1.51. The Morgan fingerprint density at radius 2 is 1.79 bits per heavy atom. The number of methoxy groups -OCH3 is 2. The molecule has 24 heavy (non-hydrogen) atoms. The normalized spacial score (nSPS) is 47.5. The second-order valence-corrected chi connectivity index (χ2v) is 9.39.